The van der Waals surface area contributed by atoms with E-state index in [2.05, 4.69) is 16.9 Å². The van der Waals surface area contributed by atoms with E-state index in [1.165, 1.54) is 0 Å². The lowest BCUT2D eigenvalue weighted by molar-refractivity contribution is 0.299. The molecule has 0 aliphatic carbocycles. The van der Waals surface area contributed by atoms with Crippen LogP contribution in [0.2, 0.25) is 0 Å². The van der Waals surface area contributed by atoms with Gasteiger partial charge in [0.15, 0.2) is 5.65 Å². The summed E-state index contributed by atoms with van der Waals surface area (Å²) in [4.78, 5) is 8.85. The van der Waals surface area contributed by atoms with Crippen molar-refractivity contribution in [2.75, 3.05) is 6.61 Å². The molecule has 0 saturated carbocycles. The zero-order valence-electron chi connectivity index (χ0n) is 13.4. The molecule has 0 saturated heterocycles. The summed E-state index contributed by atoms with van der Waals surface area (Å²) in [6.07, 6.45) is 3.86. The number of rotatable bonds is 5. The molecule has 1 N–H and O–H groups in total. The summed E-state index contributed by atoms with van der Waals surface area (Å²) >= 11 is 0. The van der Waals surface area contributed by atoms with Crippen LogP contribution in [0.5, 0.6) is 11.6 Å². The Labute approximate surface area is 135 Å². The van der Waals surface area contributed by atoms with Crippen LogP contribution in [-0.2, 0) is 0 Å². The Morgan fingerprint density at radius 2 is 2.00 bits per heavy atom. The highest BCUT2D eigenvalue weighted by Gasteiger charge is 2.08. The number of benzene rings is 1. The third-order valence-electron chi connectivity index (χ3n) is 3.83. The fourth-order valence-electron chi connectivity index (χ4n) is 2.49. The lowest BCUT2D eigenvalue weighted by Crippen LogP contribution is -1.99. The maximum Gasteiger partial charge on any atom is 0.215 e. The van der Waals surface area contributed by atoms with Gasteiger partial charge >= 0.3 is 0 Å². The lowest BCUT2D eigenvalue weighted by atomic mass is 10.0. The Bertz CT molecular complexity index is 831. The molecule has 2 heterocycles. The minimum atomic E-state index is 0.303. The summed E-state index contributed by atoms with van der Waals surface area (Å²) in [5, 5.41) is 10.7. The minimum absolute atomic E-state index is 0.303. The van der Waals surface area contributed by atoms with Gasteiger partial charge in [0.25, 0.3) is 0 Å². The molecule has 2 aromatic heterocycles. The fourth-order valence-corrected chi connectivity index (χ4v) is 2.49. The predicted octanol–water partition coefficient (Wildman–Crippen LogP) is 4.49. The maximum atomic E-state index is 9.70. The van der Waals surface area contributed by atoms with Crippen LogP contribution in [0, 0.1) is 6.92 Å². The average Bonchev–Trinajstić information content (AvgIpc) is 2.57. The zero-order chi connectivity index (χ0) is 16.2. The maximum absolute atomic E-state index is 9.70. The number of hydrogen-bond donors (Lipinski definition) is 1. The van der Waals surface area contributed by atoms with Crippen LogP contribution in [0.15, 0.2) is 42.6 Å². The smallest absolute Gasteiger partial charge is 0.215 e. The van der Waals surface area contributed by atoms with E-state index in [4.69, 9.17) is 4.74 Å². The van der Waals surface area contributed by atoms with Gasteiger partial charge < -0.3 is 9.84 Å². The van der Waals surface area contributed by atoms with Crippen LogP contribution in [0.4, 0.5) is 0 Å². The Hall–Kier alpha value is -2.62. The number of aromatic hydroxyl groups is 1. The van der Waals surface area contributed by atoms with E-state index in [0.717, 1.165) is 34.9 Å². The second-order valence-corrected chi connectivity index (χ2v) is 5.58. The number of fused-ring (bicyclic) bond motifs is 1. The van der Waals surface area contributed by atoms with Gasteiger partial charge in [-0.15, -0.1) is 0 Å². The second-order valence-electron chi connectivity index (χ2n) is 5.58. The van der Waals surface area contributed by atoms with Gasteiger partial charge in [-0.25, -0.2) is 4.98 Å². The molecule has 0 spiro atoms. The highest BCUT2D eigenvalue weighted by Crippen LogP contribution is 2.30. The van der Waals surface area contributed by atoms with Gasteiger partial charge in [-0.3, -0.25) is 0 Å². The fraction of sp³-hybridized carbons (Fsp3) is 0.263. The highest BCUT2D eigenvalue weighted by molar-refractivity contribution is 5.92. The van der Waals surface area contributed by atoms with Crippen LogP contribution >= 0.6 is 0 Å². The monoisotopic (exact) mass is 308 g/mol. The molecule has 0 amide bonds. The SMILES string of the molecule is CCCCOc1ccc2c(-c3ccc(O)c(C)c3)ccnc2n1. The molecular weight excluding hydrogens is 288 g/mol. The van der Waals surface area contributed by atoms with E-state index < -0.39 is 0 Å². The number of phenolic OH excluding ortho intramolecular Hbond substituents is 1. The summed E-state index contributed by atoms with van der Waals surface area (Å²) in [7, 11) is 0. The van der Waals surface area contributed by atoms with Gasteiger partial charge in [-0.1, -0.05) is 19.4 Å². The molecule has 1 aromatic carbocycles. The molecule has 0 aliphatic heterocycles. The summed E-state index contributed by atoms with van der Waals surface area (Å²) < 4.78 is 5.65. The molecule has 0 aliphatic rings. The highest BCUT2D eigenvalue weighted by atomic mass is 16.5. The van der Waals surface area contributed by atoms with E-state index in [1.807, 2.05) is 37.3 Å². The van der Waals surface area contributed by atoms with Crippen LogP contribution in [0.25, 0.3) is 22.2 Å². The average molecular weight is 308 g/mol. The first kappa shape index (κ1) is 15.3. The van der Waals surface area contributed by atoms with Crippen molar-refractivity contribution in [1.29, 1.82) is 0 Å². The molecule has 0 fully saturated rings. The number of hydrogen-bond acceptors (Lipinski definition) is 4. The minimum Gasteiger partial charge on any atom is -0.508 e. The second kappa shape index (κ2) is 6.65. The molecule has 0 unspecified atom stereocenters. The topological polar surface area (TPSA) is 55.2 Å². The molecule has 3 rings (SSSR count). The van der Waals surface area contributed by atoms with Gasteiger partial charge in [-0.2, -0.15) is 4.98 Å². The summed E-state index contributed by atoms with van der Waals surface area (Å²) in [6, 6.07) is 11.4. The Kier molecular flexibility index (Phi) is 4.42. The third kappa shape index (κ3) is 3.26. The van der Waals surface area contributed by atoms with E-state index in [1.54, 1.807) is 12.3 Å². The van der Waals surface area contributed by atoms with Crippen molar-refractivity contribution >= 4 is 11.0 Å². The predicted molar refractivity (Wildman–Crippen MR) is 91.8 cm³/mol. The van der Waals surface area contributed by atoms with Gasteiger partial charge in [0, 0.05) is 17.6 Å². The summed E-state index contributed by atoms with van der Waals surface area (Å²) in [5.41, 5.74) is 3.60. The van der Waals surface area contributed by atoms with Crippen molar-refractivity contribution in [3.8, 4) is 22.8 Å². The Balaban J connectivity index is 2.00. The first-order valence-corrected chi connectivity index (χ1v) is 7.87. The number of aryl methyl sites for hydroxylation is 1. The quantitative estimate of drug-likeness (QED) is 0.706. The molecule has 4 heteroatoms. The van der Waals surface area contributed by atoms with Gasteiger partial charge in [0.05, 0.1) is 6.61 Å². The standard InChI is InChI=1S/C19H20N2O2/c1-3-4-11-23-18-8-6-16-15(9-10-20-19(16)21-18)14-5-7-17(22)13(2)12-14/h5-10,12,22H,3-4,11H2,1-2H3. The summed E-state index contributed by atoms with van der Waals surface area (Å²) in [5.74, 6) is 0.911. The molecule has 4 nitrogen and oxygen atoms in total. The number of aromatic nitrogens is 2. The van der Waals surface area contributed by atoms with Crippen molar-refractivity contribution in [3.63, 3.8) is 0 Å². The van der Waals surface area contributed by atoms with Gasteiger partial charge in [0.1, 0.15) is 5.75 Å². The first-order valence-electron chi connectivity index (χ1n) is 7.87. The molecule has 23 heavy (non-hydrogen) atoms. The normalized spacial score (nSPS) is 10.9. The van der Waals surface area contributed by atoms with Crippen LogP contribution in [0.1, 0.15) is 25.3 Å². The van der Waals surface area contributed by atoms with Crippen molar-refractivity contribution in [2.24, 2.45) is 0 Å². The number of unbranched alkanes of at least 4 members (excludes halogenated alkanes) is 1. The van der Waals surface area contributed by atoms with Crippen molar-refractivity contribution in [3.05, 3.63) is 48.2 Å². The first-order chi connectivity index (χ1) is 11.2. The third-order valence-corrected chi connectivity index (χ3v) is 3.83. The number of ether oxygens (including phenoxy) is 1. The summed E-state index contributed by atoms with van der Waals surface area (Å²) in [6.45, 7) is 4.69. The zero-order valence-corrected chi connectivity index (χ0v) is 13.4. The molecular formula is C19H20N2O2. The Morgan fingerprint density at radius 1 is 1.13 bits per heavy atom. The van der Waals surface area contributed by atoms with Crippen LogP contribution < -0.4 is 4.74 Å². The van der Waals surface area contributed by atoms with E-state index in [9.17, 15) is 5.11 Å². The molecule has 118 valence electrons. The van der Waals surface area contributed by atoms with Crippen molar-refractivity contribution in [1.82, 2.24) is 9.97 Å². The molecule has 0 atom stereocenters. The Morgan fingerprint density at radius 3 is 2.78 bits per heavy atom. The van der Waals surface area contributed by atoms with E-state index in [0.29, 0.717) is 23.9 Å². The van der Waals surface area contributed by atoms with Crippen LogP contribution in [0.3, 0.4) is 0 Å². The van der Waals surface area contributed by atoms with Crippen LogP contribution in [-0.4, -0.2) is 21.7 Å². The number of pyridine rings is 2. The van der Waals surface area contributed by atoms with Gasteiger partial charge in [0.2, 0.25) is 5.88 Å². The number of phenols is 1. The molecule has 3 aromatic rings. The van der Waals surface area contributed by atoms with E-state index in [-0.39, 0.29) is 0 Å². The van der Waals surface area contributed by atoms with Crippen molar-refractivity contribution < 1.29 is 9.84 Å². The van der Waals surface area contributed by atoms with E-state index >= 15 is 0 Å². The molecule has 0 bridgehead atoms. The largest absolute Gasteiger partial charge is 0.508 e. The lowest BCUT2D eigenvalue weighted by Gasteiger charge is -2.09. The molecule has 0 radical (unpaired) electrons. The van der Waals surface area contributed by atoms with Gasteiger partial charge in [-0.05, 0) is 54.3 Å². The number of nitrogens with zero attached hydrogens (tertiary/aromatic N) is 2. The van der Waals surface area contributed by atoms with Crippen molar-refractivity contribution in [2.45, 2.75) is 26.7 Å².